The molecule has 0 aliphatic carbocycles. The lowest BCUT2D eigenvalue weighted by molar-refractivity contribution is -0.294. The van der Waals surface area contributed by atoms with Gasteiger partial charge in [-0.25, -0.2) is 9.50 Å². The molecule has 222 valence electrons. The number of aliphatic hydroxyl groups is 1. The smallest absolute Gasteiger partial charge is 0.244 e. The second-order valence-electron chi connectivity index (χ2n) is 10.6. The Labute approximate surface area is 249 Å². The predicted molar refractivity (Wildman–Crippen MR) is 159 cm³/mol. The summed E-state index contributed by atoms with van der Waals surface area (Å²) in [6, 6.07) is 29.3. The molecule has 0 bridgehead atoms. The predicted octanol–water partition coefficient (Wildman–Crippen LogP) is 3.61. The minimum Gasteiger partial charge on any atom is -0.380 e. The van der Waals surface area contributed by atoms with Crippen molar-refractivity contribution in [1.82, 2.24) is 19.6 Å². The second kappa shape index (κ2) is 12.1. The van der Waals surface area contributed by atoms with Crippen molar-refractivity contribution in [2.75, 3.05) is 18.1 Å². The quantitative estimate of drug-likeness (QED) is 0.211. The summed E-state index contributed by atoms with van der Waals surface area (Å²) in [6.45, 7) is 2.64. The molecule has 1 unspecified atom stereocenters. The maximum absolute atomic E-state index is 12.6. The number of nitrogens with two attached hydrogens (primary N) is 2. The fraction of sp³-hybridized carbons (Fsp3) is 0.281. The number of rotatable bonds is 11. The van der Waals surface area contributed by atoms with Crippen LogP contribution in [0.5, 0.6) is 0 Å². The Morgan fingerprint density at radius 2 is 1.44 bits per heavy atom. The van der Waals surface area contributed by atoms with Gasteiger partial charge in [0, 0.05) is 0 Å². The number of fused-ring (bicyclic) bond motifs is 1. The van der Waals surface area contributed by atoms with E-state index in [-0.39, 0.29) is 42.9 Å². The van der Waals surface area contributed by atoms with Gasteiger partial charge < -0.3 is 35.5 Å². The summed E-state index contributed by atoms with van der Waals surface area (Å²) in [5, 5.41) is 16.9. The highest BCUT2D eigenvalue weighted by molar-refractivity contribution is 5.61. The van der Waals surface area contributed by atoms with Crippen LogP contribution in [0.2, 0.25) is 0 Å². The lowest BCUT2D eigenvalue weighted by Gasteiger charge is -2.39. The third-order valence-electron chi connectivity index (χ3n) is 7.67. The molecule has 0 amide bonds. The van der Waals surface area contributed by atoms with E-state index in [9.17, 15) is 5.11 Å². The molecule has 5 N–H and O–H groups in total. The maximum atomic E-state index is 12.6. The van der Waals surface area contributed by atoms with E-state index in [1.54, 1.807) is 6.92 Å². The van der Waals surface area contributed by atoms with Gasteiger partial charge in [0.25, 0.3) is 0 Å². The summed E-state index contributed by atoms with van der Waals surface area (Å²) in [5.74, 6) is -2.14. The first-order valence-corrected chi connectivity index (χ1v) is 14.0. The number of aromatic nitrogens is 4. The van der Waals surface area contributed by atoms with Gasteiger partial charge in [0.2, 0.25) is 11.7 Å². The van der Waals surface area contributed by atoms with Crippen LogP contribution in [0.15, 0.2) is 97.2 Å². The molecular formula is C32H34N6O5. The van der Waals surface area contributed by atoms with E-state index in [1.807, 2.05) is 91.0 Å². The topological polar surface area (TPSA) is 152 Å². The van der Waals surface area contributed by atoms with Gasteiger partial charge in [0.05, 0.1) is 32.6 Å². The van der Waals surface area contributed by atoms with Crippen LogP contribution in [0, 0.1) is 0 Å². The lowest BCUT2D eigenvalue weighted by atomic mass is 9.87. The highest BCUT2D eigenvalue weighted by Crippen LogP contribution is 2.49. The van der Waals surface area contributed by atoms with Crippen LogP contribution in [-0.2, 0) is 44.6 Å². The molecule has 0 spiro atoms. The standard InChI is InChI=1S/C32H34N6O5/c1-31(42-20-24-15-9-4-10-16-24)27(41-19-23-13-7-3-8-14-23)25(21-40-18-22-11-5-2-6-12-22)43-32(31,39)26-17-35-29-28(33)36-30(34)37-38(26)29/h2-17,25,27,39H,18-21H2,1H3,(H4,33,34,36,37)/t25?,27-,31-,32+/m1/s1. The number of nitrogen functional groups attached to an aromatic ring is 2. The van der Waals surface area contributed by atoms with Crippen molar-refractivity contribution in [3.05, 3.63) is 120 Å². The first-order valence-electron chi connectivity index (χ1n) is 14.0. The molecule has 1 fully saturated rings. The Morgan fingerprint density at radius 1 is 0.860 bits per heavy atom. The SMILES string of the molecule is C[C@@]1(OCc2ccccc2)[C@H](OCc2ccccc2)C(COCc2ccccc2)O[C@@]1(O)c1cnc2c(N)nc(N)nn12. The van der Waals surface area contributed by atoms with Crippen LogP contribution in [0.1, 0.15) is 29.3 Å². The highest BCUT2D eigenvalue weighted by atomic mass is 16.7. The number of benzene rings is 3. The van der Waals surface area contributed by atoms with Crippen molar-refractivity contribution in [3.8, 4) is 0 Å². The monoisotopic (exact) mass is 582 g/mol. The average molecular weight is 583 g/mol. The molecule has 1 aliphatic heterocycles. The zero-order valence-electron chi connectivity index (χ0n) is 23.7. The molecule has 0 saturated carbocycles. The number of anilines is 2. The summed E-state index contributed by atoms with van der Waals surface area (Å²) >= 11 is 0. The molecular weight excluding hydrogens is 548 g/mol. The van der Waals surface area contributed by atoms with E-state index in [0.29, 0.717) is 6.61 Å². The molecule has 0 radical (unpaired) electrons. The molecule has 6 rings (SSSR count). The summed E-state index contributed by atoms with van der Waals surface area (Å²) in [5.41, 5.74) is 13.8. The largest absolute Gasteiger partial charge is 0.380 e. The van der Waals surface area contributed by atoms with Gasteiger partial charge in [-0.2, -0.15) is 4.98 Å². The number of ether oxygens (including phenoxy) is 4. The molecule has 3 aromatic carbocycles. The van der Waals surface area contributed by atoms with Crippen LogP contribution in [0.4, 0.5) is 11.8 Å². The fourth-order valence-corrected chi connectivity index (χ4v) is 5.41. The Hall–Kier alpha value is -4.39. The van der Waals surface area contributed by atoms with Crippen LogP contribution >= 0.6 is 0 Å². The second-order valence-corrected chi connectivity index (χ2v) is 10.6. The van der Waals surface area contributed by atoms with Crippen LogP contribution < -0.4 is 11.5 Å². The van der Waals surface area contributed by atoms with Crippen molar-refractivity contribution < 1.29 is 24.1 Å². The molecule has 11 nitrogen and oxygen atoms in total. The van der Waals surface area contributed by atoms with Crippen molar-refractivity contribution in [1.29, 1.82) is 0 Å². The van der Waals surface area contributed by atoms with Crippen molar-refractivity contribution in [3.63, 3.8) is 0 Å². The molecule has 1 saturated heterocycles. The third kappa shape index (κ3) is 5.68. The Morgan fingerprint density at radius 3 is 2.07 bits per heavy atom. The Balaban J connectivity index is 1.39. The van der Waals surface area contributed by atoms with Gasteiger partial charge in [-0.05, 0) is 23.6 Å². The fourth-order valence-electron chi connectivity index (χ4n) is 5.41. The van der Waals surface area contributed by atoms with Crippen LogP contribution in [0.25, 0.3) is 5.65 Å². The molecule has 3 heterocycles. The first kappa shape index (κ1) is 28.7. The van der Waals surface area contributed by atoms with Gasteiger partial charge in [-0.1, -0.05) is 91.0 Å². The number of hydrogen-bond acceptors (Lipinski definition) is 10. The molecule has 11 heteroatoms. The van der Waals surface area contributed by atoms with Gasteiger partial charge >= 0.3 is 0 Å². The lowest BCUT2D eigenvalue weighted by Crippen LogP contribution is -2.55. The van der Waals surface area contributed by atoms with E-state index in [2.05, 4.69) is 15.1 Å². The molecule has 1 aliphatic rings. The van der Waals surface area contributed by atoms with Crippen LogP contribution in [0.3, 0.4) is 0 Å². The number of hydrogen-bond donors (Lipinski definition) is 3. The number of nitrogens with zero attached hydrogens (tertiary/aromatic N) is 4. The summed E-state index contributed by atoms with van der Waals surface area (Å²) in [6.07, 6.45) is -0.106. The average Bonchev–Trinajstić information content (AvgIpc) is 3.54. The minimum atomic E-state index is -2.11. The van der Waals surface area contributed by atoms with E-state index < -0.39 is 23.6 Å². The molecule has 2 aromatic heterocycles. The molecule has 43 heavy (non-hydrogen) atoms. The van der Waals surface area contributed by atoms with Crippen LogP contribution in [-0.4, -0.2) is 49.1 Å². The van der Waals surface area contributed by atoms with E-state index >= 15 is 0 Å². The van der Waals surface area contributed by atoms with E-state index in [0.717, 1.165) is 16.7 Å². The normalized spacial score (nSPS) is 23.6. The van der Waals surface area contributed by atoms with Gasteiger partial charge in [-0.3, -0.25) is 0 Å². The van der Waals surface area contributed by atoms with Crippen molar-refractivity contribution in [2.45, 2.75) is 50.3 Å². The molecule has 4 atom stereocenters. The van der Waals surface area contributed by atoms with Gasteiger partial charge in [-0.15, -0.1) is 5.10 Å². The van der Waals surface area contributed by atoms with E-state index in [4.69, 9.17) is 30.4 Å². The Bertz CT molecular complexity index is 1660. The highest BCUT2D eigenvalue weighted by Gasteiger charge is 2.67. The third-order valence-corrected chi connectivity index (χ3v) is 7.67. The van der Waals surface area contributed by atoms with Crippen molar-refractivity contribution in [2.24, 2.45) is 0 Å². The maximum Gasteiger partial charge on any atom is 0.244 e. The number of imidazole rings is 1. The van der Waals surface area contributed by atoms with Gasteiger partial charge in [0.15, 0.2) is 17.1 Å². The summed E-state index contributed by atoms with van der Waals surface area (Å²) in [7, 11) is 0. The van der Waals surface area contributed by atoms with E-state index in [1.165, 1.54) is 10.7 Å². The summed E-state index contributed by atoms with van der Waals surface area (Å²) in [4.78, 5) is 8.37. The Kier molecular flexibility index (Phi) is 8.06. The molecule has 5 aromatic rings. The zero-order valence-corrected chi connectivity index (χ0v) is 23.7. The zero-order chi connectivity index (χ0) is 29.9. The van der Waals surface area contributed by atoms with Gasteiger partial charge in [0.1, 0.15) is 17.9 Å². The van der Waals surface area contributed by atoms with Crippen molar-refractivity contribution >= 4 is 17.4 Å². The summed E-state index contributed by atoms with van der Waals surface area (Å²) < 4.78 is 27.1. The minimum absolute atomic E-state index is 0.0619. The first-order chi connectivity index (χ1) is 20.9.